The average molecular weight is 348 g/mol. The van der Waals surface area contributed by atoms with Crippen LogP contribution in [0.25, 0.3) is 0 Å². The van der Waals surface area contributed by atoms with Gasteiger partial charge in [-0.1, -0.05) is 12.1 Å². The van der Waals surface area contributed by atoms with Gasteiger partial charge in [0.15, 0.2) is 11.5 Å². The van der Waals surface area contributed by atoms with E-state index in [9.17, 15) is 14.3 Å². The minimum atomic E-state index is -0.988. The number of halogens is 1. The van der Waals surface area contributed by atoms with Crippen molar-refractivity contribution in [3.8, 4) is 17.2 Å². The van der Waals surface area contributed by atoms with Crippen LogP contribution in [-0.2, 0) is 11.2 Å². The second-order valence-electron chi connectivity index (χ2n) is 5.41. The Bertz CT molecular complexity index is 702. The molecule has 0 fully saturated rings. The van der Waals surface area contributed by atoms with Crippen molar-refractivity contribution in [1.29, 1.82) is 0 Å². The Hall–Kier alpha value is -2.76. The molecule has 134 valence electrons. The molecule has 0 aliphatic rings. The first-order valence-electron chi connectivity index (χ1n) is 7.86. The van der Waals surface area contributed by atoms with Gasteiger partial charge in [-0.25, -0.2) is 4.39 Å². The van der Waals surface area contributed by atoms with Gasteiger partial charge in [-0.05, 0) is 48.7 Å². The number of carbonyl (C=O) groups is 1. The van der Waals surface area contributed by atoms with Crippen LogP contribution in [0.2, 0.25) is 0 Å². The number of ether oxygens (including phenoxy) is 3. The topological polar surface area (TPSA) is 65.0 Å². The standard InChI is InChI=1S/C19H21FO5/c1-4-25-18-16(23-2)10-12(11-17(18)24-3)9-15(19(21)22)13-5-7-14(20)8-6-13/h5-8,10-11,15H,4,9H2,1-3H3,(H,21,22). The van der Waals surface area contributed by atoms with Crippen LogP contribution in [0.5, 0.6) is 17.2 Å². The third-order valence-electron chi connectivity index (χ3n) is 3.82. The monoisotopic (exact) mass is 348 g/mol. The highest BCUT2D eigenvalue weighted by Gasteiger charge is 2.23. The van der Waals surface area contributed by atoms with Crippen LogP contribution in [0, 0.1) is 5.82 Å². The van der Waals surface area contributed by atoms with Gasteiger partial charge in [0.2, 0.25) is 5.75 Å². The second kappa shape index (κ2) is 8.37. The van der Waals surface area contributed by atoms with E-state index in [2.05, 4.69) is 0 Å². The Labute approximate surface area is 146 Å². The van der Waals surface area contributed by atoms with E-state index in [1.807, 2.05) is 6.92 Å². The summed E-state index contributed by atoms with van der Waals surface area (Å²) >= 11 is 0. The Morgan fingerprint density at radius 3 is 2.12 bits per heavy atom. The molecule has 0 heterocycles. The summed E-state index contributed by atoms with van der Waals surface area (Å²) in [6.45, 7) is 2.29. The summed E-state index contributed by atoms with van der Waals surface area (Å²) in [7, 11) is 3.02. The van der Waals surface area contributed by atoms with E-state index in [0.29, 0.717) is 35.0 Å². The van der Waals surface area contributed by atoms with Crippen molar-refractivity contribution in [2.45, 2.75) is 19.3 Å². The third-order valence-corrected chi connectivity index (χ3v) is 3.82. The largest absolute Gasteiger partial charge is 0.493 e. The van der Waals surface area contributed by atoms with E-state index < -0.39 is 17.7 Å². The van der Waals surface area contributed by atoms with Gasteiger partial charge in [0.1, 0.15) is 5.82 Å². The zero-order valence-electron chi connectivity index (χ0n) is 14.4. The van der Waals surface area contributed by atoms with Crippen molar-refractivity contribution < 1.29 is 28.5 Å². The van der Waals surface area contributed by atoms with E-state index in [0.717, 1.165) is 0 Å². The molecule has 6 heteroatoms. The number of hydrogen-bond acceptors (Lipinski definition) is 4. The molecule has 1 atom stereocenters. The SMILES string of the molecule is CCOc1c(OC)cc(CC(C(=O)O)c2ccc(F)cc2)cc1OC. The molecule has 0 radical (unpaired) electrons. The number of carboxylic acids is 1. The summed E-state index contributed by atoms with van der Waals surface area (Å²) in [5, 5.41) is 9.57. The van der Waals surface area contributed by atoms with Crippen LogP contribution in [0.4, 0.5) is 4.39 Å². The molecule has 2 aromatic carbocycles. The molecule has 0 amide bonds. The molecule has 0 saturated heterocycles. The van der Waals surface area contributed by atoms with E-state index in [-0.39, 0.29) is 6.42 Å². The fourth-order valence-electron chi connectivity index (χ4n) is 2.62. The van der Waals surface area contributed by atoms with Gasteiger partial charge in [0.05, 0.1) is 26.7 Å². The number of rotatable bonds is 8. The molecule has 5 nitrogen and oxygen atoms in total. The molecule has 25 heavy (non-hydrogen) atoms. The zero-order chi connectivity index (χ0) is 18.4. The van der Waals surface area contributed by atoms with Crippen LogP contribution in [0.15, 0.2) is 36.4 Å². The molecule has 1 N–H and O–H groups in total. The summed E-state index contributed by atoms with van der Waals surface area (Å²) in [6.07, 6.45) is 0.208. The maximum absolute atomic E-state index is 13.1. The van der Waals surface area contributed by atoms with Crippen LogP contribution in [-0.4, -0.2) is 31.9 Å². The van der Waals surface area contributed by atoms with E-state index in [4.69, 9.17) is 14.2 Å². The molecule has 0 saturated carbocycles. The molecule has 0 bridgehead atoms. The van der Waals surface area contributed by atoms with Crippen molar-refractivity contribution in [2.75, 3.05) is 20.8 Å². The molecule has 0 spiro atoms. The minimum Gasteiger partial charge on any atom is -0.493 e. The van der Waals surface area contributed by atoms with Crippen LogP contribution in [0.3, 0.4) is 0 Å². The highest BCUT2D eigenvalue weighted by molar-refractivity contribution is 5.76. The third kappa shape index (κ3) is 4.41. The predicted octanol–water partition coefficient (Wildman–Crippen LogP) is 3.65. The van der Waals surface area contributed by atoms with Gasteiger partial charge in [0.25, 0.3) is 0 Å². The highest BCUT2D eigenvalue weighted by atomic mass is 19.1. The van der Waals surface area contributed by atoms with Crippen molar-refractivity contribution in [3.63, 3.8) is 0 Å². The van der Waals surface area contributed by atoms with Crippen LogP contribution >= 0.6 is 0 Å². The first-order valence-corrected chi connectivity index (χ1v) is 7.86. The van der Waals surface area contributed by atoms with E-state index in [1.54, 1.807) is 12.1 Å². The van der Waals surface area contributed by atoms with Crippen molar-refractivity contribution in [2.24, 2.45) is 0 Å². The maximum atomic E-state index is 13.1. The van der Waals surface area contributed by atoms with E-state index >= 15 is 0 Å². The first kappa shape index (κ1) is 18.6. The number of methoxy groups -OCH3 is 2. The Morgan fingerprint density at radius 1 is 1.12 bits per heavy atom. The lowest BCUT2D eigenvalue weighted by atomic mass is 9.91. The molecular formula is C19H21FO5. The normalized spacial score (nSPS) is 11.7. The molecule has 0 aliphatic heterocycles. The second-order valence-corrected chi connectivity index (χ2v) is 5.41. The van der Waals surface area contributed by atoms with Crippen LogP contribution < -0.4 is 14.2 Å². The zero-order valence-corrected chi connectivity index (χ0v) is 14.4. The van der Waals surface area contributed by atoms with E-state index in [1.165, 1.54) is 38.5 Å². The fraction of sp³-hybridized carbons (Fsp3) is 0.316. The molecule has 0 aromatic heterocycles. The average Bonchev–Trinajstić information content (AvgIpc) is 2.61. The van der Waals surface area contributed by atoms with Crippen LogP contribution in [0.1, 0.15) is 24.0 Å². The lowest BCUT2D eigenvalue weighted by molar-refractivity contribution is -0.138. The Balaban J connectivity index is 2.39. The minimum absolute atomic E-state index is 0.208. The summed E-state index contributed by atoms with van der Waals surface area (Å²) in [4.78, 5) is 11.7. The predicted molar refractivity (Wildman–Crippen MR) is 91.2 cm³/mol. The lowest BCUT2D eigenvalue weighted by Gasteiger charge is -2.17. The quantitative estimate of drug-likeness (QED) is 0.789. The number of carboxylic acid groups (broad SMARTS) is 1. The highest BCUT2D eigenvalue weighted by Crippen LogP contribution is 2.39. The summed E-state index contributed by atoms with van der Waals surface area (Å²) in [5.74, 6) is -0.785. The smallest absolute Gasteiger partial charge is 0.311 e. The summed E-state index contributed by atoms with van der Waals surface area (Å²) in [6, 6.07) is 8.93. The number of aliphatic carboxylic acids is 1. The fourth-order valence-corrected chi connectivity index (χ4v) is 2.62. The lowest BCUT2D eigenvalue weighted by Crippen LogP contribution is -2.14. The molecule has 1 unspecified atom stereocenters. The van der Waals surface area contributed by atoms with Gasteiger partial charge >= 0.3 is 5.97 Å². The van der Waals surface area contributed by atoms with Crippen molar-refractivity contribution in [3.05, 3.63) is 53.3 Å². The first-order chi connectivity index (χ1) is 12.0. The maximum Gasteiger partial charge on any atom is 0.311 e. The van der Waals surface area contributed by atoms with Gasteiger partial charge in [-0.15, -0.1) is 0 Å². The summed E-state index contributed by atoms with van der Waals surface area (Å²) < 4.78 is 29.3. The van der Waals surface area contributed by atoms with Crippen molar-refractivity contribution >= 4 is 5.97 Å². The molecule has 2 rings (SSSR count). The molecule has 2 aromatic rings. The Morgan fingerprint density at radius 2 is 1.68 bits per heavy atom. The van der Waals surface area contributed by atoms with Gasteiger partial charge in [0, 0.05) is 0 Å². The summed E-state index contributed by atoms with van der Waals surface area (Å²) in [5.41, 5.74) is 1.24. The van der Waals surface area contributed by atoms with Gasteiger partial charge in [-0.2, -0.15) is 0 Å². The molecular weight excluding hydrogens is 327 g/mol. The van der Waals surface area contributed by atoms with Gasteiger partial charge in [-0.3, -0.25) is 4.79 Å². The Kier molecular flexibility index (Phi) is 6.22. The van der Waals surface area contributed by atoms with Crippen molar-refractivity contribution in [1.82, 2.24) is 0 Å². The van der Waals surface area contributed by atoms with Gasteiger partial charge < -0.3 is 19.3 Å². The molecule has 0 aliphatic carbocycles. The number of hydrogen-bond donors (Lipinski definition) is 1. The number of benzene rings is 2.